The molecule has 3 aromatic rings. The van der Waals surface area contributed by atoms with Crippen LogP contribution in [0.4, 0.5) is 11.4 Å². The molecule has 144 valence electrons. The quantitative estimate of drug-likeness (QED) is 0.452. The molecule has 30 heavy (non-hydrogen) atoms. The Morgan fingerprint density at radius 1 is 0.700 bits per heavy atom. The molecular formula is C26H22BN3. The smallest absolute Gasteiger partial charge is 0.338 e. The predicted octanol–water partition coefficient (Wildman–Crippen LogP) is 5.60. The fourth-order valence-electron chi connectivity index (χ4n) is 3.95. The number of hydrogen-bond donors (Lipinski definition) is 2. The first kappa shape index (κ1) is 18.1. The maximum Gasteiger partial charge on any atom is 0.338 e. The molecule has 5 rings (SSSR count). The second-order valence-corrected chi connectivity index (χ2v) is 7.42. The van der Waals surface area contributed by atoms with E-state index in [2.05, 4.69) is 89.2 Å². The zero-order chi connectivity index (χ0) is 20.3. The Morgan fingerprint density at radius 3 is 2.07 bits per heavy atom. The van der Waals surface area contributed by atoms with Crippen molar-refractivity contribution in [3.63, 3.8) is 0 Å². The van der Waals surface area contributed by atoms with Crippen molar-refractivity contribution < 1.29 is 0 Å². The molecule has 2 heterocycles. The number of nitrogens with one attached hydrogen (secondary N) is 1. The Morgan fingerprint density at radius 2 is 1.33 bits per heavy atom. The summed E-state index contributed by atoms with van der Waals surface area (Å²) in [6, 6.07) is 28.9. The Bertz CT molecular complexity index is 1180. The monoisotopic (exact) mass is 387 g/mol. The first-order valence-corrected chi connectivity index (χ1v) is 10.1. The van der Waals surface area contributed by atoms with Gasteiger partial charge in [0.05, 0.1) is 11.4 Å². The highest BCUT2D eigenvalue weighted by atomic mass is 15.1. The maximum absolute atomic E-state index is 6.26. The minimum Gasteiger partial charge on any atom is -0.397 e. The van der Waals surface area contributed by atoms with Crippen LogP contribution in [0.3, 0.4) is 0 Å². The predicted molar refractivity (Wildman–Crippen MR) is 128 cm³/mol. The van der Waals surface area contributed by atoms with E-state index in [1.165, 1.54) is 22.3 Å². The standard InChI is InChI=1S/C26H22BN3/c28-24-13-7-8-14-25(24)29-26-23(21-11-5-2-6-12-21)16-18-30-17-15-22(19-27(26)30)20-9-3-1-4-10-20/h1-19,29H,28H2. The van der Waals surface area contributed by atoms with Crippen molar-refractivity contribution in [3.8, 4) is 0 Å². The SMILES string of the molecule is Nc1ccccc1NC1=C(c2ccccc2)C=CN2C=CC(c3ccccc3)=CB12. The third-order valence-corrected chi connectivity index (χ3v) is 5.51. The van der Waals surface area contributed by atoms with E-state index < -0.39 is 0 Å². The van der Waals surface area contributed by atoms with Gasteiger partial charge in [-0.3, -0.25) is 0 Å². The Hall–Kier alpha value is -3.92. The van der Waals surface area contributed by atoms with Gasteiger partial charge in [0, 0.05) is 5.60 Å². The summed E-state index contributed by atoms with van der Waals surface area (Å²) < 4.78 is 0. The number of allylic oxidation sites excluding steroid dienone is 4. The van der Waals surface area contributed by atoms with Crippen molar-refractivity contribution in [2.24, 2.45) is 0 Å². The third kappa shape index (κ3) is 3.44. The molecule has 0 unspecified atom stereocenters. The van der Waals surface area contributed by atoms with Crippen LogP contribution in [0.1, 0.15) is 11.1 Å². The number of benzene rings is 3. The van der Waals surface area contributed by atoms with Crippen LogP contribution in [0, 0.1) is 0 Å². The second kappa shape index (κ2) is 7.84. The molecule has 0 aromatic heterocycles. The summed E-state index contributed by atoms with van der Waals surface area (Å²) in [6.45, 7) is 0.0463. The summed E-state index contributed by atoms with van der Waals surface area (Å²) in [5.41, 5.74) is 13.8. The van der Waals surface area contributed by atoms with Crippen molar-refractivity contribution >= 4 is 29.4 Å². The fourth-order valence-corrected chi connectivity index (χ4v) is 3.95. The van der Waals surface area contributed by atoms with Gasteiger partial charge in [-0.2, -0.15) is 0 Å². The number of nitrogens with two attached hydrogens (primary N) is 1. The van der Waals surface area contributed by atoms with E-state index in [-0.39, 0.29) is 6.85 Å². The molecule has 0 radical (unpaired) electrons. The van der Waals surface area contributed by atoms with Crippen LogP contribution < -0.4 is 11.1 Å². The Balaban J connectivity index is 1.63. The highest BCUT2D eigenvalue weighted by molar-refractivity contribution is 6.73. The normalized spacial score (nSPS) is 15.1. The van der Waals surface area contributed by atoms with Crippen LogP contribution in [0.15, 0.2) is 121 Å². The van der Waals surface area contributed by atoms with Gasteiger partial charge < -0.3 is 15.9 Å². The van der Waals surface area contributed by atoms with E-state index in [0.29, 0.717) is 0 Å². The van der Waals surface area contributed by atoms with Crippen LogP contribution >= 0.6 is 0 Å². The van der Waals surface area contributed by atoms with Crippen LogP contribution in [0.5, 0.6) is 0 Å². The van der Waals surface area contributed by atoms with E-state index in [4.69, 9.17) is 5.73 Å². The van der Waals surface area contributed by atoms with E-state index in [1.54, 1.807) is 0 Å². The molecule has 0 saturated carbocycles. The summed E-state index contributed by atoms with van der Waals surface area (Å²) >= 11 is 0. The fraction of sp³-hybridized carbons (Fsp3) is 0. The van der Waals surface area contributed by atoms with Gasteiger partial charge in [-0.05, 0) is 59.0 Å². The van der Waals surface area contributed by atoms with Crippen LogP contribution in [0.25, 0.3) is 11.1 Å². The maximum atomic E-state index is 6.26. The highest BCUT2D eigenvalue weighted by Gasteiger charge is 2.31. The first-order chi connectivity index (χ1) is 14.8. The van der Waals surface area contributed by atoms with Gasteiger partial charge in [-0.25, -0.2) is 0 Å². The highest BCUT2D eigenvalue weighted by Crippen LogP contribution is 2.34. The van der Waals surface area contributed by atoms with Gasteiger partial charge >= 0.3 is 6.85 Å². The molecule has 2 aliphatic heterocycles. The molecule has 0 amide bonds. The Labute approximate surface area is 177 Å². The molecule has 0 spiro atoms. The molecule has 0 aliphatic carbocycles. The molecule has 3 aromatic carbocycles. The molecule has 2 aliphatic rings. The summed E-state index contributed by atoms with van der Waals surface area (Å²) in [5, 5.41) is 3.65. The number of fused-ring (bicyclic) bond motifs is 1. The lowest BCUT2D eigenvalue weighted by atomic mass is 9.52. The molecule has 0 saturated heterocycles. The van der Waals surface area contributed by atoms with Gasteiger partial charge in [-0.15, -0.1) is 0 Å². The molecule has 4 heteroatoms. The van der Waals surface area contributed by atoms with Gasteiger partial charge in [0.25, 0.3) is 0 Å². The average molecular weight is 387 g/mol. The first-order valence-electron chi connectivity index (χ1n) is 10.1. The zero-order valence-electron chi connectivity index (χ0n) is 16.6. The largest absolute Gasteiger partial charge is 0.397 e. The van der Waals surface area contributed by atoms with E-state index in [9.17, 15) is 0 Å². The van der Waals surface area contributed by atoms with Gasteiger partial charge in [0.2, 0.25) is 0 Å². The van der Waals surface area contributed by atoms with Gasteiger partial charge in [-0.1, -0.05) is 78.8 Å². The summed E-state index contributed by atoms with van der Waals surface area (Å²) in [5.74, 6) is 2.31. The summed E-state index contributed by atoms with van der Waals surface area (Å²) in [7, 11) is 0. The number of anilines is 2. The topological polar surface area (TPSA) is 41.3 Å². The number of rotatable bonds is 4. The Kier molecular flexibility index (Phi) is 4.74. The lowest BCUT2D eigenvalue weighted by Crippen LogP contribution is -2.39. The number of nitrogens with zero attached hydrogens (tertiary/aromatic N) is 1. The van der Waals surface area contributed by atoms with Crippen LogP contribution in [-0.2, 0) is 0 Å². The minimum absolute atomic E-state index is 0.0463. The molecule has 3 nitrogen and oxygen atoms in total. The molecule has 0 atom stereocenters. The molecule has 3 N–H and O–H groups in total. The van der Waals surface area contributed by atoms with Gasteiger partial charge in [0.1, 0.15) is 0 Å². The number of para-hydroxylation sites is 2. The summed E-state index contributed by atoms with van der Waals surface area (Å²) in [4.78, 5) is 2.22. The summed E-state index contributed by atoms with van der Waals surface area (Å²) in [6.07, 6.45) is 8.61. The van der Waals surface area contributed by atoms with Crippen LogP contribution in [-0.4, -0.2) is 11.7 Å². The lowest BCUT2D eigenvalue weighted by Gasteiger charge is -2.33. The van der Waals surface area contributed by atoms with Crippen LogP contribution in [0.2, 0.25) is 0 Å². The van der Waals surface area contributed by atoms with Crippen molar-refractivity contribution in [1.29, 1.82) is 0 Å². The van der Waals surface area contributed by atoms with Crippen molar-refractivity contribution in [2.45, 2.75) is 0 Å². The molecule has 0 fully saturated rings. The average Bonchev–Trinajstić information content (AvgIpc) is 2.81. The third-order valence-electron chi connectivity index (χ3n) is 5.51. The molecule has 0 bridgehead atoms. The lowest BCUT2D eigenvalue weighted by molar-refractivity contribution is 0.787. The van der Waals surface area contributed by atoms with Crippen molar-refractivity contribution in [2.75, 3.05) is 11.1 Å². The number of hydrogen-bond acceptors (Lipinski definition) is 3. The zero-order valence-corrected chi connectivity index (χ0v) is 16.6. The molecular weight excluding hydrogens is 365 g/mol. The second-order valence-electron chi connectivity index (χ2n) is 7.42. The van der Waals surface area contributed by atoms with E-state index >= 15 is 0 Å². The van der Waals surface area contributed by atoms with Crippen molar-refractivity contribution in [3.05, 3.63) is 132 Å². The minimum atomic E-state index is 0.0463. The van der Waals surface area contributed by atoms with Crippen molar-refractivity contribution in [1.82, 2.24) is 4.81 Å². The van der Waals surface area contributed by atoms with E-state index in [0.717, 1.165) is 17.0 Å². The number of nitrogen functional groups attached to an aromatic ring is 1. The van der Waals surface area contributed by atoms with E-state index in [1.807, 2.05) is 36.4 Å². The van der Waals surface area contributed by atoms with Gasteiger partial charge in [0.15, 0.2) is 0 Å².